The highest BCUT2D eigenvalue weighted by molar-refractivity contribution is 9.10. The third kappa shape index (κ3) is 2.74. The maximum atomic E-state index is 6.44. The molecular formula is C13H20BrN5. The van der Waals surface area contributed by atoms with E-state index in [4.69, 9.17) is 5.73 Å². The third-order valence-electron chi connectivity index (χ3n) is 3.17. The Morgan fingerprint density at radius 2 is 2.16 bits per heavy atom. The van der Waals surface area contributed by atoms with Crippen LogP contribution < -0.4 is 5.73 Å². The van der Waals surface area contributed by atoms with E-state index < -0.39 is 0 Å². The minimum absolute atomic E-state index is 0.202. The van der Waals surface area contributed by atoms with Crippen molar-refractivity contribution in [1.29, 1.82) is 0 Å². The molecule has 0 spiro atoms. The van der Waals surface area contributed by atoms with Crippen LogP contribution in [0, 0.1) is 0 Å². The van der Waals surface area contributed by atoms with Crippen LogP contribution in [-0.2, 0) is 20.0 Å². The van der Waals surface area contributed by atoms with Gasteiger partial charge in [0, 0.05) is 25.4 Å². The third-order valence-corrected chi connectivity index (χ3v) is 3.78. The second-order valence-corrected chi connectivity index (χ2v) is 5.49. The molecule has 0 saturated carbocycles. The number of aryl methyl sites for hydroxylation is 3. The zero-order valence-electron chi connectivity index (χ0n) is 11.6. The predicted molar refractivity (Wildman–Crippen MR) is 78.8 cm³/mol. The molecule has 0 aliphatic heterocycles. The van der Waals surface area contributed by atoms with Gasteiger partial charge in [0.1, 0.15) is 0 Å². The molecule has 2 rings (SSSR count). The SMILES string of the molecule is CCCn1ncc(Br)c1C(N)c1cn(C)nc1CC. The van der Waals surface area contributed by atoms with Gasteiger partial charge in [-0.25, -0.2) is 0 Å². The van der Waals surface area contributed by atoms with Crippen LogP contribution in [-0.4, -0.2) is 19.6 Å². The Hall–Kier alpha value is -1.14. The molecule has 0 aromatic carbocycles. The summed E-state index contributed by atoms with van der Waals surface area (Å²) in [5.41, 5.74) is 9.58. The van der Waals surface area contributed by atoms with Gasteiger partial charge in [0.15, 0.2) is 0 Å². The lowest BCUT2D eigenvalue weighted by Crippen LogP contribution is -2.19. The molecule has 0 bridgehead atoms. The van der Waals surface area contributed by atoms with E-state index in [1.165, 1.54) is 0 Å². The normalized spacial score (nSPS) is 12.9. The van der Waals surface area contributed by atoms with E-state index in [0.29, 0.717) is 0 Å². The van der Waals surface area contributed by atoms with Gasteiger partial charge < -0.3 is 5.73 Å². The molecule has 0 saturated heterocycles. The monoisotopic (exact) mass is 325 g/mol. The summed E-state index contributed by atoms with van der Waals surface area (Å²) in [6.07, 6.45) is 5.72. The Morgan fingerprint density at radius 3 is 2.79 bits per heavy atom. The van der Waals surface area contributed by atoms with Crippen LogP contribution in [0.3, 0.4) is 0 Å². The van der Waals surface area contributed by atoms with Crippen LogP contribution in [0.15, 0.2) is 16.9 Å². The zero-order valence-corrected chi connectivity index (χ0v) is 13.2. The van der Waals surface area contributed by atoms with Crippen molar-refractivity contribution in [1.82, 2.24) is 19.6 Å². The molecule has 2 aromatic heterocycles. The molecule has 5 nitrogen and oxygen atoms in total. The largest absolute Gasteiger partial charge is 0.319 e. The van der Waals surface area contributed by atoms with E-state index in [2.05, 4.69) is 40.0 Å². The number of nitrogens with two attached hydrogens (primary N) is 1. The van der Waals surface area contributed by atoms with Gasteiger partial charge in [0.25, 0.3) is 0 Å². The molecule has 6 heteroatoms. The molecule has 1 unspecified atom stereocenters. The summed E-state index contributed by atoms with van der Waals surface area (Å²) < 4.78 is 4.75. The first-order chi connectivity index (χ1) is 9.08. The number of aromatic nitrogens is 4. The first-order valence-corrected chi connectivity index (χ1v) is 7.36. The molecule has 104 valence electrons. The minimum atomic E-state index is -0.202. The molecule has 1 atom stereocenters. The highest BCUT2D eigenvalue weighted by Crippen LogP contribution is 2.28. The first kappa shape index (κ1) is 14.3. The molecule has 2 heterocycles. The predicted octanol–water partition coefficient (Wildman–Crippen LogP) is 2.40. The lowest BCUT2D eigenvalue weighted by molar-refractivity contribution is 0.558. The van der Waals surface area contributed by atoms with Gasteiger partial charge in [0.2, 0.25) is 0 Å². The summed E-state index contributed by atoms with van der Waals surface area (Å²) in [5, 5.41) is 8.83. The first-order valence-electron chi connectivity index (χ1n) is 6.57. The molecule has 2 N–H and O–H groups in total. The molecule has 0 fully saturated rings. The second-order valence-electron chi connectivity index (χ2n) is 4.64. The Morgan fingerprint density at radius 1 is 1.42 bits per heavy atom. The van der Waals surface area contributed by atoms with Crippen molar-refractivity contribution in [2.24, 2.45) is 12.8 Å². The van der Waals surface area contributed by atoms with E-state index in [1.807, 2.05) is 28.8 Å². The van der Waals surface area contributed by atoms with Crippen molar-refractivity contribution in [3.05, 3.63) is 33.8 Å². The van der Waals surface area contributed by atoms with Gasteiger partial charge in [-0.05, 0) is 28.8 Å². The van der Waals surface area contributed by atoms with E-state index in [1.54, 1.807) is 0 Å². The van der Waals surface area contributed by atoms with E-state index in [-0.39, 0.29) is 6.04 Å². The number of nitrogens with zero attached hydrogens (tertiary/aromatic N) is 4. The Balaban J connectivity index is 2.43. The topological polar surface area (TPSA) is 61.7 Å². The highest BCUT2D eigenvalue weighted by atomic mass is 79.9. The molecule has 19 heavy (non-hydrogen) atoms. The van der Waals surface area contributed by atoms with Crippen molar-refractivity contribution in [3.63, 3.8) is 0 Å². The van der Waals surface area contributed by atoms with Crippen molar-refractivity contribution in [2.75, 3.05) is 0 Å². The summed E-state index contributed by atoms with van der Waals surface area (Å²) in [5.74, 6) is 0. The van der Waals surface area contributed by atoms with Gasteiger partial charge in [0.05, 0.1) is 28.1 Å². The number of hydrogen-bond acceptors (Lipinski definition) is 3. The molecular weight excluding hydrogens is 306 g/mol. The Labute approximate surface area is 121 Å². The highest BCUT2D eigenvalue weighted by Gasteiger charge is 2.22. The lowest BCUT2D eigenvalue weighted by atomic mass is 10.0. The van der Waals surface area contributed by atoms with Crippen molar-refractivity contribution < 1.29 is 0 Å². The smallest absolute Gasteiger partial charge is 0.0768 e. The lowest BCUT2D eigenvalue weighted by Gasteiger charge is -2.14. The van der Waals surface area contributed by atoms with E-state index >= 15 is 0 Å². The fraction of sp³-hybridized carbons (Fsp3) is 0.538. The van der Waals surface area contributed by atoms with Crippen molar-refractivity contribution in [2.45, 2.75) is 39.3 Å². The van der Waals surface area contributed by atoms with Crippen molar-refractivity contribution in [3.8, 4) is 0 Å². The fourth-order valence-corrected chi connectivity index (χ4v) is 2.85. The maximum absolute atomic E-state index is 6.44. The quantitative estimate of drug-likeness (QED) is 0.918. The van der Waals surface area contributed by atoms with Crippen LogP contribution in [0.5, 0.6) is 0 Å². The Kier molecular flexibility index (Phi) is 4.42. The fourth-order valence-electron chi connectivity index (χ4n) is 2.31. The number of halogens is 1. The summed E-state index contributed by atoms with van der Waals surface area (Å²) in [4.78, 5) is 0. The minimum Gasteiger partial charge on any atom is -0.319 e. The zero-order chi connectivity index (χ0) is 14.0. The molecule has 0 radical (unpaired) electrons. The summed E-state index contributed by atoms with van der Waals surface area (Å²) >= 11 is 3.55. The summed E-state index contributed by atoms with van der Waals surface area (Å²) in [7, 11) is 1.92. The molecule has 2 aromatic rings. The van der Waals surface area contributed by atoms with E-state index in [0.717, 1.165) is 40.8 Å². The van der Waals surface area contributed by atoms with Gasteiger partial charge in [-0.15, -0.1) is 0 Å². The number of rotatable bonds is 5. The van der Waals surface area contributed by atoms with Crippen LogP contribution in [0.4, 0.5) is 0 Å². The number of hydrogen-bond donors (Lipinski definition) is 1. The van der Waals surface area contributed by atoms with Crippen LogP contribution in [0.25, 0.3) is 0 Å². The molecule has 0 aliphatic carbocycles. The maximum Gasteiger partial charge on any atom is 0.0768 e. The molecule has 0 aliphatic rings. The summed E-state index contributed by atoms with van der Waals surface area (Å²) in [6.45, 7) is 5.10. The van der Waals surface area contributed by atoms with Gasteiger partial charge in [-0.2, -0.15) is 10.2 Å². The van der Waals surface area contributed by atoms with Crippen LogP contribution in [0.1, 0.15) is 43.3 Å². The van der Waals surface area contributed by atoms with Crippen LogP contribution >= 0.6 is 15.9 Å². The average molecular weight is 326 g/mol. The van der Waals surface area contributed by atoms with E-state index in [9.17, 15) is 0 Å². The standard InChI is InChI=1S/C13H20BrN5/c1-4-6-19-13(10(14)7-16-19)12(15)9-8-18(3)17-11(9)5-2/h7-8,12H,4-6,15H2,1-3H3. The average Bonchev–Trinajstić information content (AvgIpc) is 2.93. The summed E-state index contributed by atoms with van der Waals surface area (Å²) in [6, 6.07) is -0.202. The Bertz CT molecular complexity index is 557. The molecule has 0 amide bonds. The van der Waals surface area contributed by atoms with Gasteiger partial charge in [-0.3, -0.25) is 9.36 Å². The van der Waals surface area contributed by atoms with Crippen LogP contribution in [0.2, 0.25) is 0 Å². The van der Waals surface area contributed by atoms with Gasteiger partial charge >= 0.3 is 0 Å². The second kappa shape index (κ2) is 5.88. The van der Waals surface area contributed by atoms with Crippen molar-refractivity contribution >= 4 is 15.9 Å². The van der Waals surface area contributed by atoms with Gasteiger partial charge in [-0.1, -0.05) is 13.8 Å².